The average Bonchev–Trinajstić information content (AvgIpc) is 2.89. The van der Waals surface area contributed by atoms with E-state index < -0.39 is 0 Å². The molecule has 1 atom stereocenters. The van der Waals surface area contributed by atoms with E-state index in [0.29, 0.717) is 0 Å². The van der Waals surface area contributed by atoms with Crippen LogP contribution in [0.3, 0.4) is 0 Å². The molecule has 0 aliphatic rings. The molecule has 0 spiro atoms. The number of nitrogens with zero attached hydrogens (tertiary/aromatic N) is 1. The zero-order chi connectivity index (χ0) is 13.0. The second-order valence-electron chi connectivity index (χ2n) is 4.33. The van der Waals surface area contributed by atoms with Gasteiger partial charge in [0.15, 0.2) is 0 Å². The van der Waals surface area contributed by atoms with Crippen molar-refractivity contribution in [3.05, 3.63) is 45.9 Å². The van der Waals surface area contributed by atoms with Gasteiger partial charge in [0.05, 0.1) is 18.3 Å². The number of hydrogen-bond donors (Lipinski definition) is 1. The van der Waals surface area contributed by atoms with Crippen molar-refractivity contribution in [2.24, 2.45) is 0 Å². The van der Waals surface area contributed by atoms with Crippen LogP contribution in [0, 0.1) is 6.92 Å². The standard InChI is InChI=1S/C14H18N2OS/c1-10-4-5-14(17-3)13(6-10)11(2)15-7-12-8-18-9-16-12/h4-6,8-9,11,15H,7H2,1-3H3. The van der Waals surface area contributed by atoms with Crippen LogP contribution in [0.4, 0.5) is 0 Å². The third-order valence-corrected chi connectivity index (χ3v) is 3.56. The Bertz CT molecular complexity index is 497. The molecule has 0 bridgehead atoms. The number of benzene rings is 1. The van der Waals surface area contributed by atoms with E-state index in [0.717, 1.165) is 18.0 Å². The van der Waals surface area contributed by atoms with Crippen molar-refractivity contribution in [1.29, 1.82) is 0 Å². The minimum absolute atomic E-state index is 0.238. The van der Waals surface area contributed by atoms with Gasteiger partial charge in [-0.3, -0.25) is 0 Å². The highest BCUT2D eigenvalue weighted by molar-refractivity contribution is 7.07. The van der Waals surface area contributed by atoms with Crippen LogP contribution in [0.5, 0.6) is 5.75 Å². The Kier molecular flexibility index (Phi) is 4.33. The Balaban J connectivity index is 2.08. The third kappa shape index (κ3) is 3.09. The number of nitrogens with one attached hydrogen (secondary N) is 1. The van der Waals surface area contributed by atoms with Crippen molar-refractivity contribution in [2.45, 2.75) is 26.4 Å². The molecule has 0 aliphatic heterocycles. The van der Waals surface area contributed by atoms with E-state index >= 15 is 0 Å². The molecule has 0 aliphatic carbocycles. The van der Waals surface area contributed by atoms with Gasteiger partial charge in [-0.15, -0.1) is 11.3 Å². The molecule has 0 saturated heterocycles. The molecule has 1 aromatic carbocycles. The molecule has 2 aromatic rings. The van der Waals surface area contributed by atoms with Crippen LogP contribution in [0.2, 0.25) is 0 Å². The van der Waals surface area contributed by atoms with Crippen LogP contribution >= 0.6 is 11.3 Å². The Morgan fingerprint density at radius 1 is 1.44 bits per heavy atom. The zero-order valence-electron chi connectivity index (χ0n) is 10.9. The lowest BCUT2D eigenvalue weighted by Crippen LogP contribution is -2.19. The lowest BCUT2D eigenvalue weighted by Gasteiger charge is -2.17. The molecule has 0 saturated carbocycles. The molecule has 3 nitrogen and oxygen atoms in total. The van der Waals surface area contributed by atoms with Crippen molar-refractivity contribution in [3.63, 3.8) is 0 Å². The van der Waals surface area contributed by atoms with E-state index in [-0.39, 0.29) is 6.04 Å². The van der Waals surface area contributed by atoms with Gasteiger partial charge >= 0.3 is 0 Å². The average molecular weight is 262 g/mol. The number of aryl methyl sites for hydroxylation is 1. The number of rotatable bonds is 5. The maximum Gasteiger partial charge on any atom is 0.123 e. The summed E-state index contributed by atoms with van der Waals surface area (Å²) in [6, 6.07) is 6.49. The molecule has 0 amide bonds. The molecule has 0 fully saturated rings. The van der Waals surface area contributed by atoms with E-state index in [9.17, 15) is 0 Å². The van der Waals surface area contributed by atoms with E-state index in [1.54, 1.807) is 18.4 Å². The van der Waals surface area contributed by atoms with Crippen LogP contribution < -0.4 is 10.1 Å². The molecule has 1 unspecified atom stereocenters. The predicted molar refractivity (Wildman–Crippen MR) is 75.1 cm³/mol. The first-order valence-electron chi connectivity index (χ1n) is 5.95. The fraction of sp³-hybridized carbons (Fsp3) is 0.357. The van der Waals surface area contributed by atoms with Gasteiger partial charge in [0.2, 0.25) is 0 Å². The number of hydrogen-bond acceptors (Lipinski definition) is 4. The smallest absolute Gasteiger partial charge is 0.123 e. The molecular formula is C14H18N2OS. The molecular weight excluding hydrogens is 244 g/mol. The minimum Gasteiger partial charge on any atom is -0.496 e. The Morgan fingerprint density at radius 3 is 2.94 bits per heavy atom. The van der Waals surface area contributed by atoms with Gasteiger partial charge in [-0.1, -0.05) is 17.7 Å². The maximum atomic E-state index is 5.40. The second-order valence-corrected chi connectivity index (χ2v) is 5.05. The first kappa shape index (κ1) is 13.1. The van der Waals surface area contributed by atoms with E-state index in [2.05, 4.69) is 41.7 Å². The van der Waals surface area contributed by atoms with Crippen LogP contribution in [-0.2, 0) is 6.54 Å². The topological polar surface area (TPSA) is 34.1 Å². The number of ether oxygens (including phenoxy) is 1. The summed E-state index contributed by atoms with van der Waals surface area (Å²) in [5.41, 5.74) is 5.37. The summed E-state index contributed by atoms with van der Waals surface area (Å²) < 4.78 is 5.40. The summed E-state index contributed by atoms with van der Waals surface area (Å²) in [7, 11) is 1.71. The van der Waals surface area contributed by atoms with Crippen molar-refractivity contribution >= 4 is 11.3 Å². The molecule has 2 rings (SSSR count). The van der Waals surface area contributed by atoms with Gasteiger partial charge in [0.25, 0.3) is 0 Å². The van der Waals surface area contributed by atoms with Gasteiger partial charge in [0, 0.05) is 23.5 Å². The van der Waals surface area contributed by atoms with Gasteiger partial charge in [-0.05, 0) is 19.9 Å². The summed E-state index contributed by atoms with van der Waals surface area (Å²) in [5, 5.41) is 5.53. The van der Waals surface area contributed by atoms with Crippen LogP contribution in [-0.4, -0.2) is 12.1 Å². The summed E-state index contributed by atoms with van der Waals surface area (Å²) in [4.78, 5) is 4.27. The maximum absolute atomic E-state index is 5.40. The summed E-state index contributed by atoms with van der Waals surface area (Å²) in [5.74, 6) is 0.930. The highest BCUT2D eigenvalue weighted by atomic mass is 32.1. The molecule has 1 aromatic heterocycles. The largest absolute Gasteiger partial charge is 0.496 e. The number of methoxy groups -OCH3 is 1. The Labute approximate surface area is 112 Å². The van der Waals surface area contributed by atoms with Gasteiger partial charge < -0.3 is 10.1 Å². The van der Waals surface area contributed by atoms with E-state index in [1.807, 2.05) is 11.6 Å². The molecule has 18 heavy (non-hydrogen) atoms. The normalized spacial score (nSPS) is 12.4. The van der Waals surface area contributed by atoms with E-state index in [4.69, 9.17) is 4.74 Å². The Hall–Kier alpha value is -1.39. The second kappa shape index (κ2) is 5.98. The quantitative estimate of drug-likeness (QED) is 0.897. The lowest BCUT2D eigenvalue weighted by molar-refractivity contribution is 0.401. The number of thiazole rings is 1. The molecule has 1 heterocycles. The zero-order valence-corrected chi connectivity index (χ0v) is 11.8. The monoisotopic (exact) mass is 262 g/mol. The van der Waals surface area contributed by atoms with Crippen molar-refractivity contribution in [2.75, 3.05) is 7.11 Å². The Morgan fingerprint density at radius 2 is 2.28 bits per heavy atom. The van der Waals surface area contributed by atoms with Gasteiger partial charge in [-0.25, -0.2) is 4.98 Å². The summed E-state index contributed by atoms with van der Waals surface area (Å²) >= 11 is 1.62. The van der Waals surface area contributed by atoms with Crippen LogP contribution in [0.15, 0.2) is 29.1 Å². The van der Waals surface area contributed by atoms with Gasteiger partial charge in [0.1, 0.15) is 5.75 Å². The van der Waals surface area contributed by atoms with Gasteiger partial charge in [-0.2, -0.15) is 0 Å². The highest BCUT2D eigenvalue weighted by Gasteiger charge is 2.11. The van der Waals surface area contributed by atoms with Crippen LogP contribution in [0.25, 0.3) is 0 Å². The summed E-state index contributed by atoms with van der Waals surface area (Å²) in [6.45, 7) is 5.02. The van der Waals surface area contributed by atoms with E-state index in [1.165, 1.54) is 11.1 Å². The fourth-order valence-electron chi connectivity index (χ4n) is 1.88. The minimum atomic E-state index is 0.238. The summed E-state index contributed by atoms with van der Waals surface area (Å²) in [6.07, 6.45) is 0. The van der Waals surface area contributed by atoms with Crippen molar-refractivity contribution in [1.82, 2.24) is 10.3 Å². The first-order valence-corrected chi connectivity index (χ1v) is 6.90. The third-order valence-electron chi connectivity index (χ3n) is 2.92. The SMILES string of the molecule is COc1ccc(C)cc1C(C)NCc1cscn1. The van der Waals surface area contributed by atoms with Crippen molar-refractivity contribution in [3.8, 4) is 5.75 Å². The lowest BCUT2D eigenvalue weighted by atomic mass is 10.0. The predicted octanol–water partition coefficient (Wildman–Crippen LogP) is 3.31. The molecule has 1 N–H and O–H groups in total. The van der Waals surface area contributed by atoms with Crippen molar-refractivity contribution < 1.29 is 4.74 Å². The van der Waals surface area contributed by atoms with Crippen LogP contribution in [0.1, 0.15) is 29.8 Å². The number of aromatic nitrogens is 1. The molecule has 96 valence electrons. The fourth-order valence-corrected chi connectivity index (χ4v) is 2.44. The first-order chi connectivity index (χ1) is 8.70. The molecule has 0 radical (unpaired) electrons. The molecule has 4 heteroatoms. The highest BCUT2D eigenvalue weighted by Crippen LogP contribution is 2.26.